The number of pyridine rings is 1. The summed E-state index contributed by atoms with van der Waals surface area (Å²) in [5.74, 6) is 0.480. The molecule has 0 unspecified atom stereocenters. The van der Waals surface area contributed by atoms with Crippen LogP contribution in [0.2, 0.25) is 0 Å². The van der Waals surface area contributed by atoms with Gasteiger partial charge in [-0.2, -0.15) is 5.26 Å². The number of nitriles is 1. The van der Waals surface area contributed by atoms with Crippen LogP contribution in [-0.4, -0.2) is 61.3 Å². The van der Waals surface area contributed by atoms with Gasteiger partial charge in [-0.15, -0.1) is 24.8 Å². The van der Waals surface area contributed by atoms with Gasteiger partial charge in [0.1, 0.15) is 11.4 Å². The monoisotopic (exact) mass is 482 g/mol. The van der Waals surface area contributed by atoms with Gasteiger partial charge >= 0.3 is 0 Å². The molecular formula is C23H32Cl2N4O3. The van der Waals surface area contributed by atoms with Crippen molar-refractivity contribution >= 4 is 41.6 Å². The third-order valence-corrected chi connectivity index (χ3v) is 5.32. The van der Waals surface area contributed by atoms with Crippen LogP contribution in [0.4, 0.5) is 0 Å². The second-order valence-electron chi connectivity index (χ2n) is 7.85. The molecule has 32 heavy (non-hydrogen) atoms. The first-order chi connectivity index (χ1) is 14.5. The maximum Gasteiger partial charge on any atom is 0.273 e. The Labute approximate surface area is 202 Å². The molecule has 7 nitrogen and oxygen atoms in total. The second-order valence-corrected chi connectivity index (χ2v) is 7.85. The van der Waals surface area contributed by atoms with Crippen LogP contribution in [0.1, 0.15) is 49.2 Å². The van der Waals surface area contributed by atoms with Gasteiger partial charge in [0.05, 0.1) is 23.8 Å². The molecule has 3 rings (SSSR count). The van der Waals surface area contributed by atoms with Crippen molar-refractivity contribution in [3.05, 3.63) is 35.5 Å². The lowest BCUT2D eigenvalue weighted by atomic mass is 10.0. The molecule has 0 bridgehead atoms. The minimum atomic E-state index is -0.0910. The topological polar surface area (TPSA) is 87.5 Å². The molecule has 1 aliphatic heterocycles. The average molecular weight is 483 g/mol. The lowest BCUT2D eigenvalue weighted by Crippen LogP contribution is -2.51. The van der Waals surface area contributed by atoms with E-state index in [0.29, 0.717) is 35.7 Å². The molecular weight excluding hydrogens is 451 g/mol. The Morgan fingerprint density at radius 1 is 1.31 bits per heavy atom. The Kier molecular flexibility index (Phi) is 11.7. The van der Waals surface area contributed by atoms with Gasteiger partial charge in [0.2, 0.25) is 0 Å². The van der Waals surface area contributed by atoms with Crippen molar-refractivity contribution in [2.45, 2.75) is 45.2 Å². The lowest BCUT2D eigenvalue weighted by molar-refractivity contribution is 0.0567. The van der Waals surface area contributed by atoms with Crippen molar-refractivity contribution in [3.63, 3.8) is 0 Å². The summed E-state index contributed by atoms with van der Waals surface area (Å²) in [6.45, 7) is 6.91. The maximum atomic E-state index is 13.5. The highest BCUT2D eigenvalue weighted by Crippen LogP contribution is 2.28. The van der Waals surface area contributed by atoms with E-state index in [0.717, 1.165) is 37.7 Å². The molecule has 1 N–H and O–H groups in total. The zero-order chi connectivity index (χ0) is 21.5. The van der Waals surface area contributed by atoms with Crippen molar-refractivity contribution in [1.29, 1.82) is 5.26 Å². The first kappa shape index (κ1) is 27.9. The van der Waals surface area contributed by atoms with Crippen LogP contribution < -0.4 is 10.1 Å². The number of amides is 1. The molecule has 0 saturated carbocycles. The van der Waals surface area contributed by atoms with Crippen molar-refractivity contribution in [3.8, 4) is 11.8 Å². The number of piperidine rings is 1. The zero-order valence-electron chi connectivity index (χ0n) is 18.8. The fourth-order valence-corrected chi connectivity index (χ4v) is 3.90. The number of rotatable bonds is 8. The van der Waals surface area contributed by atoms with Crippen molar-refractivity contribution in [2.24, 2.45) is 0 Å². The normalized spacial score (nSPS) is 15.4. The van der Waals surface area contributed by atoms with Crippen LogP contribution in [0.3, 0.4) is 0 Å². The van der Waals surface area contributed by atoms with Gasteiger partial charge in [0, 0.05) is 50.2 Å². The van der Waals surface area contributed by atoms with Gasteiger partial charge < -0.3 is 19.7 Å². The molecule has 1 aromatic heterocycles. The molecule has 1 saturated heterocycles. The number of fused-ring (bicyclic) bond motifs is 1. The molecule has 0 aliphatic carbocycles. The highest BCUT2D eigenvalue weighted by molar-refractivity contribution is 5.97. The largest absolute Gasteiger partial charge is 0.493 e. The Hall–Kier alpha value is -2.11. The summed E-state index contributed by atoms with van der Waals surface area (Å²) in [4.78, 5) is 20.0. The van der Waals surface area contributed by atoms with Crippen LogP contribution in [0.25, 0.3) is 10.9 Å². The number of nitrogens with one attached hydrogen (secondary N) is 1. The average Bonchev–Trinajstić information content (AvgIpc) is 2.76. The lowest BCUT2D eigenvalue weighted by Gasteiger charge is -2.37. The van der Waals surface area contributed by atoms with Crippen LogP contribution in [0.5, 0.6) is 5.75 Å². The van der Waals surface area contributed by atoms with Crippen molar-refractivity contribution in [1.82, 2.24) is 15.2 Å². The summed E-state index contributed by atoms with van der Waals surface area (Å²) < 4.78 is 11.1. The zero-order valence-corrected chi connectivity index (χ0v) is 20.4. The molecule has 176 valence electrons. The van der Waals surface area contributed by atoms with Gasteiger partial charge in [-0.25, -0.2) is 4.98 Å². The van der Waals surface area contributed by atoms with E-state index in [2.05, 4.69) is 16.4 Å². The van der Waals surface area contributed by atoms with Gasteiger partial charge in [-0.3, -0.25) is 4.79 Å². The van der Waals surface area contributed by atoms with Gasteiger partial charge in [-0.1, -0.05) is 0 Å². The third-order valence-electron chi connectivity index (χ3n) is 5.32. The SMILES string of the molecule is COCCCOc1cc(C(=O)N(C(C)C)[C@@H]2CCCNC2)nc2ccc(C#N)cc12.Cl.Cl. The summed E-state index contributed by atoms with van der Waals surface area (Å²) in [7, 11) is 1.65. The highest BCUT2D eigenvalue weighted by atomic mass is 35.5. The summed E-state index contributed by atoms with van der Waals surface area (Å²) in [5, 5.41) is 13.4. The van der Waals surface area contributed by atoms with Crippen LogP contribution in [0.15, 0.2) is 24.3 Å². The van der Waals surface area contributed by atoms with E-state index in [9.17, 15) is 10.1 Å². The smallest absolute Gasteiger partial charge is 0.273 e. The molecule has 0 radical (unpaired) electrons. The van der Waals surface area contributed by atoms with E-state index < -0.39 is 0 Å². The molecule has 1 atom stereocenters. The van der Waals surface area contributed by atoms with Crippen molar-refractivity contribution < 1.29 is 14.3 Å². The van der Waals surface area contributed by atoms with Crippen LogP contribution in [0, 0.1) is 11.3 Å². The predicted octanol–water partition coefficient (Wildman–Crippen LogP) is 3.97. The number of aromatic nitrogens is 1. The van der Waals surface area contributed by atoms with E-state index in [1.807, 2.05) is 18.7 Å². The van der Waals surface area contributed by atoms with Gasteiger partial charge in [0.15, 0.2) is 0 Å². The number of benzene rings is 1. The molecule has 1 fully saturated rings. The minimum absolute atomic E-state index is 0. The number of carbonyl (C=O) groups excluding carboxylic acids is 1. The molecule has 0 spiro atoms. The van der Waals surface area contributed by atoms with Crippen molar-refractivity contribution in [2.75, 3.05) is 33.4 Å². The Morgan fingerprint density at radius 3 is 2.72 bits per heavy atom. The number of carbonyl (C=O) groups is 1. The van der Waals surface area contributed by atoms with E-state index >= 15 is 0 Å². The number of hydrogen-bond acceptors (Lipinski definition) is 6. The van der Waals surface area contributed by atoms with Gasteiger partial charge in [0.25, 0.3) is 5.91 Å². The predicted molar refractivity (Wildman–Crippen MR) is 130 cm³/mol. The van der Waals surface area contributed by atoms with Gasteiger partial charge in [-0.05, 0) is 51.4 Å². The standard InChI is InChI=1S/C23H30N4O3.2ClH/c1-16(2)27(18-6-4-9-25-15-18)23(28)21-13-22(30-11-5-10-29-3)19-12-17(14-24)7-8-20(19)26-21;;/h7-8,12-13,16,18,25H,4-6,9-11,15H2,1-3H3;2*1H/t18-;;/m1../s1. The summed E-state index contributed by atoms with van der Waals surface area (Å²) in [6.07, 6.45) is 2.76. The quantitative estimate of drug-likeness (QED) is 0.572. The first-order valence-electron chi connectivity index (χ1n) is 10.5. The number of ether oxygens (including phenoxy) is 2. The fraction of sp³-hybridized carbons (Fsp3) is 0.522. The number of nitrogens with zero attached hydrogens (tertiary/aromatic N) is 3. The summed E-state index contributed by atoms with van der Waals surface area (Å²) >= 11 is 0. The Morgan fingerprint density at radius 2 is 2.09 bits per heavy atom. The minimum Gasteiger partial charge on any atom is -0.493 e. The molecule has 9 heteroatoms. The maximum absolute atomic E-state index is 13.5. The summed E-state index contributed by atoms with van der Waals surface area (Å²) in [6, 6.07) is 9.32. The molecule has 2 aromatic rings. The Bertz CT molecular complexity index is 927. The first-order valence-corrected chi connectivity index (χ1v) is 10.5. The Balaban J connectivity index is 0.00000256. The highest BCUT2D eigenvalue weighted by Gasteiger charge is 2.29. The molecule has 1 amide bonds. The fourth-order valence-electron chi connectivity index (χ4n) is 3.90. The molecule has 1 aromatic carbocycles. The number of halogens is 2. The number of methoxy groups -OCH3 is 1. The van der Waals surface area contributed by atoms with Crippen LogP contribution in [-0.2, 0) is 4.74 Å². The van der Waals surface area contributed by atoms with E-state index in [4.69, 9.17) is 9.47 Å². The van der Waals surface area contributed by atoms with E-state index in [-0.39, 0.29) is 42.8 Å². The third kappa shape index (κ3) is 6.69. The molecule has 2 heterocycles. The number of hydrogen-bond donors (Lipinski definition) is 1. The second kappa shape index (κ2) is 13.4. The summed E-state index contributed by atoms with van der Waals surface area (Å²) in [5.41, 5.74) is 1.54. The van der Waals surface area contributed by atoms with E-state index in [1.54, 1.807) is 31.4 Å². The van der Waals surface area contributed by atoms with E-state index in [1.165, 1.54) is 0 Å². The molecule has 1 aliphatic rings. The van der Waals surface area contributed by atoms with Crippen LogP contribution >= 0.6 is 24.8 Å².